The SMILES string of the molecule is CC[Si](CC)(CC)OC(CNCc1cc(F)cc(F)c1)C1C(Cl)=CC(I)=CC1Cl. The zero-order valence-corrected chi connectivity index (χ0v) is 21.6. The van der Waals surface area contributed by atoms with E-state index in [1.807, 2.05) is 12.2 Å². The summed E-state index contributed by atoms with van der Waals surface area (Å²) < 4.78 is 34.7. The summed E-state index contributed by atoms with van der Waals surface area (Å²) in [4.78, 5) is 0. The van der Waals surface area contributed by atoms with E-state index in [4.69, 9.17) is 27.6 Å². The summed E-state index contributed by atoms with van der Waals surface area (Å²) in [5.74, 6) is -1.32. The number of hydrogen-bond donors (Lipinski definition) is 1. The summed E-state index contributed by atoms with van der Waals surface area (Å²) in [5.41, 5.74) is 0.549. The van der Waals surface area contributed by atoms with Gasteiger partial charge in [-0.1, -0.05) is 38.4 Å². The van der Waals surface area contributed by atoms with E-state index >= 15 is 0 Å². The van der Waals surface area contributed by atoms with Gasteiger partial charge in [0.1, 0.15) is 11.6 Å². The Morgan fingerprint density at radius 2 is 1.72 bits per heavy atom. The van der Waals surface area contributed by atoms with Gasteiger partial charge in [0.2, 0.25) is 0 Å². The molecule has 0 saturated heterocycles. The molecule has 8 heteroatoms. The summed E-state index contributed by atoms with van der Waals surface area (Å²) in [5, 5.41) is 3.72. The topological polar surface area (TPSA) is 21.3 Å². The summed E-state index contributed by atoms with van der Waals surface area (Å²) >= 11 is 15.5. The summed E-state index contributed by atoms with van der Waals surface area (Å²) in [6, 6.07) is 6.58. The Bertz CT molecular complexity index is 730. The van der Waals surface area contributed by atoms with E-state index in [-0.39, 0.29) is 17.4 Å². The van der Waals surface area contributed by atoms with Gasteiger partial charge < -0.3 is 9.74 Å². The van der Waals surface area contributed by atoms with Gasteiger partial charge >= 0.3 is 0 Å². The first-order valence-corrected chi connectivity index (χ1v) is 14.4. The highest BCUT2D eigenvalue weighted by molar-refractivity contribution is 14.1. The number of halogens is 5. The average molecular weight is 574 g/mol. The van der Waals surface area contributed by atoms with Crippen LogP contribution in [0.25, 0.3) is 0 Å². The van der Waals surface area contributed by atoms with Crippen molar-refractivity contribution in [2.45, 2.75) is 56.9 Å². The van der Waals surface area contributed by atoms with Crippen LogP contribution >= 0.6 is 45.8 Å². The first kappa shape index (κ1) is 25.3. The predicted molar refractivity (Wildman–Crippen MR) is 129 cm³/mol. The zero-order chi connectivity index (χ0) is 21.6. The van der Waals surface area contributed by atoms with Crippen LogP contribution in [0.2, 0.25) is 18.1 Å². The number of nitrogens with one attached hydrogen (secondary N) is 1. The first-order chi connectivity index (χ1) is 13.7. The van der Waals surface area contributed by atoms with Gasteiger partial charge in [0.15, 0.2) is 8.32 Å². The molecule has 0 fully saturated rings. The van der Waals surface area contributed by atoms with Crippen LogP contribution < -0.4 is 5.32 Å². The van der Waals surface area contributed by atoms with Crippen LogP contribution in [0.5, 0.6) is 0 Å². The highest BCUT2D eigenvalue weighted by atomic mass is 127. The summed E-state index contributed by atoms with van der Waals surface area (Å²) in [6.07, 6.45) is 3.70. The molecule has 2 rings (SSSR count). The van der Waals surface area contributed by atoms with E-state index < -0.39 is 20.0 Å². The molecular weight excluding hydrogens is 546 g/mol. The van der Waals surface area contributed by atoms with Crippen LogP contribution in [0.1, 0.15) is 26.3 Å². The van der Waals surface area contributed by atoms with Crippen molar-refractivity contribution in [3.63, 3.8) is 0 Å². The van der Waals surface area contributed by atoms with Gasteiger partial charge in [0, 0.05) is 33.7 Å². The molecule has 3 unspecified atom stereocenters. The second-order valence-corrected chi connectivity index (χ2v) is 14.3. The van der Waals surface area contributed by atoms with Crippen molar-refractivity contribution >= 4 is 54.1 Å². The largest absolute Gasteiger partial charge is 0.412 e. The fourth-order valence-corrected chi connectivity index (χ4v) is 8.59. The third-order valence-electron chi connectivity index (χ3n) is 5.59. The van der Waals surface area contributed by atoms with Crippen LogP contribution in [0.15, 0.2) is 39.0 Å². The number of rotatable bonds is 10. The molecule has 0 amide bonds. The lowest BCUT2D eigenvalue weighted by molar-refractivity contribution is 0.139. The first-order valence-electron chi connectivity index (χ1n) is 9.95. The fourth-order valence-electron chi connectivity index (χ4n) is 3.70. The molecule has 0 saturated carbocycles. The standard InChI is InChI=1S/C21H28Cl2F2INOSi/c1-4-29(5-2,6-3)28-20(21-18(22)10-17(26)11-19(21)23)13-27-12-14-7-15(24)9-16(25)8-14/h7-11,18,20-21,27H,4-6,12-13H2,1-3H3. The van der Waals surface area contributed by atoms with E-state index in [0.717, 1.165) is 27.8 Å². The van der Waals surface area contributed by atoms with Crippen molar-refractivity contribution in [2.24, 2.45) is 5.92 Å². The van der Waals surface area contributed by atoms with Crippen molar-refractivity contribution in [2.75, 3.05) is 6.54 Å². The molecule has 3 atom stereocenters. The van der Waals surface area contributed by atoms with Crippen LogP contribution in [-0.4, -0.2) is 26.3 Å². The van der Waals surface area contributed by atoms with Gasteiger partial charge in [-0.25, -0.2) is 8.78 Å². The predicted octanol–water partition coefficient (Wildman–Crippen LogP) is 7.12. The van der Waals surface area contributed by atoms with Crippen molar-refractivity contribution in [3.05, 3.63) is 56.2 Å². The van der Waals surface area contributed by atoms with E-state index in [1.165, 1.54) is 12.1 Å². The van der Waals surface area contributed by atoms with E-state index in [2.05, 4.69) is 48.7 Å². The molecule has 0 bridgehead atoms. The third-order valence-corrected chi connectivity index (χ3v) is 11.7. The van der Waals surface area contributed by atoms with Crippen LogP contribution in [0, 0.1) is 17.6 Å². The Kier molecular flexibility index (Phi) is 10.1. The number of alkyl halides is 1. The fraction of sp³-hybridized carbons (Fsp3) is 0.524. The molecule has 29 heavy (non-hydrogen) atoms. The molecule has 162 valence electrons. The molecule has 1 aliphatic rings. The Labute approximate surface area is 197 Å². The van der Waals surface area contributed by atoms with Gasteiger partial charge in [-0.15, -0.1) is 11.6 Å². The second-order valence-electron chi connectivity index (χ2n) is 7.36. The highest BCUT2D eigenvalue weighted by Gasteiger charge is 2.39. The highest BCUT2D eigenvalue weighted by Crippen LogP contribution is 2.38. The molecule has 1 aliphatic carbocycles. The average Bonchev–Trinajstić information content (AvgIpc) is 2.64. The normalized spacial score (nSPS) is 21.0. The minimum Gasteiger partial charge on any atom is -0.412 e. The van der Waals surface area contributed by atoms with Gasteiger partial charge in [-0.2, -0.15) is 0 Å². The van der Waals surface area contributed by atoms with Crippen LogP contribution in [0.4, 0.5) is 8.78 Å². The second kappa shape index (κ2) is 11.6. The van der Waals surface area contributed by atoms with E-state index in [9.17, 15) is 8.78 Å². The maximum atomic E-state index is 13.5. The number of hydrogen-bond acceptors (Lipinski definition) is 2. The van der Waals surface area contributed by atoms with Gasteiger partial charge in [-0.3, -0.25) is 0 Å². The van der Waals surface area contributed by atoms with Crippen LogP contribution in [-0.2, 0) is 11.0 Å². The quantitative estimate of drug-likeness (QED) is 0.183. The lowest BCUT2D eigenvalue weighted by Gasteiger charge is -2.39. The van der Waals surface area contributed by atoms with Crippen molar-refractivity contribution in [1.29, 1.82) is 0 Å². The molecule has 1 aromatic rings. The van der Waals surface area contributed by atoms with E-state index in [0.29, 0.717) is 23.7 Å². The third kappa shape index (κ3) is 7.00. The van der Waals surface area contributed by atoms with Crippen molar-refractivity contribution in [3.8, 4) is 0 Å². The lowest BCUT2D eigenvalue weighted by Crippen LogP contribution is -2.48. The van der Waals surface area contributed by atoms with Gasteiger partial charge in [0.25, 0.3) is 0 Å². The number of allylic oxidation sites excluding steroid dienone is 3. The molecular formula is C21H28Cl2F2INOSi. The van der Waals surface area contributed by atoms with Crippen LogP contribution in [0.3, 0.4) is 0 Å². The molecule has 1 aromatic carbocycles. The molecule has 0 aliphatic heterocycles. The smallest absolute Gasteiger partial charge is 0.192 e. The maximum absolute atomic E-state index is 13.5. The zero-order valence-electron chi connectivity index (χ0n) is 17.0. The van der Waals surface area contributed by atoms with Crippen molar-refractivity contribution in [1.82, 2.24) is 5.32 Å². The lowest BCUT2D eigenvalue weighted by atomic mass is 9.93. The van der Waals surface area contributed by atoms with Crippen molar-refractivity contribution < 1.29 is 13.2 Å². The molecule has 0 heterocycles. The summed E-state index contributed by atoms with van der Waals surface area (Å²) in [6.45, 7) is 7.37. The molecule has 2 nitrogen and oxygen atoms in total. The monoisotopic (exact) mass is 573 g/mol. The minimum atomic E-state index is -1.91. The maximum Gasteiger partial charge on any atom is 0.192 e. The molecule has 0 aromatic heterocycles. The Hall–Kier alpha value is 0.00688. The minimum absolute atomic E-state index is 0.162. The Balaban J connectivity index is 2.19. The number of benzene rings is 1. The molecule has 0 radical (unpaired) electrons. The Morgan fingerprint density at radius 1 is 1.14 bits per heavy atom. The Morgan fingerprint density at radius 3 is 2.24 bits per heavy atom. The molecule has 0 spiro atoms. The van der Waals surface area contributed by atoms with Gasteiger partial charge in [0.05, 0.1) is 11.5 Å². The van der Waals surface area contributed by atoms with E-state index in [1.54, 1.807) is 0 Å². The molecule has 1 N–H and O–H groups in total. The van der Waals surface area contributed by atoms with Gasteiger partial charge in [-0.05, 0) is 64.5 Å². The summed E-state index contributed by atoms with van der Waals surface area (Å²) in [7, 11) is -1.91.